The number of pyridine rings is 1. The summed E-state index contributed by atoms with van der Waals surface area (Å²) in [6, 6.07) is 6.15. The molecule has 4 heteroatoms. The van der Waals surface area contributed by atoms with E-state index in [1.807, 2.05) is 25.1 Å². The monoisotopic (exact) mass is 209 g/mol. The molecule has 0 amide bonds. The first-order chi connectivity index (χ1) is 7.11. The van der Waals surface area contributed by atoms with Gasteiger partial charge in [0.2, 0.25) is 5.88 Å². The lowest BCUT2D eigenvalue weighted by Crippen LogP contribution is -2.26. The second kappa shape index (κ2) is 5.56. The molecule has 0 radical (unpaired) electrons. The second-order valence-electron chi connectivity index (χ2n) is 3.82. The highest BCUT2D eigenvalue weighted by Gasteiger charge is 2.05. The molecule has 1 aromatic heterocycles. The number of nitrogens with one attached hydrogen (secondary N) is 1. The van der Waals surface area contributed by atoms with Crippen molar-refractivity contribution in [2.75, 3.05) is 12.4 Å². The molecule has 1 rings (SSSR count). The molecule has 0 aliphatic rings. The Morgan fingerprint density at radius 2 is 2.20 bits per heavy atom. The van der Waals surface area contributed by atoms with E-state index in [2.05, 4.69) is 17.2 Å². The van der Waals surface area contributed by atoms with E-state index in [4.69, 9.17) is 10.5 Å². The van der Waals surface area contributed by atoms with Crippen molar-refractivity contribution in [1.82, 2.24) is 4.98 Å². The number of aromatic nitrogens is 1. The molecule has 0 saturated heterocycles. The molecule has 2 atom stereocenters. The Labute approximate surface area is 90.8 Å². The summed E-state index contributed by atoms with van der Waals surface area (Å²) in [5.74, 6) is 1.44. The Balaban J connectivity index is 2.55. The van der Waals surface area contributed by atoms with Crippen molar-refractivity contribution in [1.29, 1.82) is 0 Å². The van der Waals surface area contributed by atoms with Gasteiger partial charge in [-0.05, 0) is 26.3 Å². The Kier molecular flexibility index (Phi) is 4.37. The van der Waals surface area contributed by atoms with E-state index in [0.29, 0.717) is 11.9 Å². The van der Waals surface area contributed by atoms with Gasteiger partial charge in [0.15, 0.2) is 0 Å². The summed E-state index contributed by atoms with van der Waals surface area (Å²) in [7, 11) is 1.61. The largest absolute Gasteiger partial charge is 0.481 e. The molecule has 0 aromatic carbocycles. The van der Waals surface area contributed by atoms with Crippen molar-refractivity contribution in [3.05, 3.63) is 18.2 Å². The minimum atomic E-state index is 0.193. The molecule has 0 spiro atoms. The predicted octanol–water partition coefficient (Wildman–Crippen LogP) is 1.63. The molecule has 0 fully saturated rings. The van der Waals surface area contributed by atoms with Crippen molar-refractivity contribution in [3.63, 3.8) is 0 Å². The number of nitrogens with zero attached hydrogens (tertiary/aromatic N) is 1. The molecule has 0 bridgehead atoms. The molecule has 3 N–H and O–H groups in total. The first-order valence-corrected chi connectivity index (χ1v) is 5.15. The van der Waals surface area contributed by atoms with Crippen molar-refractivity contribution in [2.24, 2.45) is 5.73 Å². The van der Waals surface area contributed by atoms with Crippen LogP contribution >= 0.6 is 0 Å². The van der Waals surface area contributed by atoms with Crippen LogP contribution < -0.4 is 15.8 Å². The topological polar surface area (TPSA) is 60.2 Å². The van der Waals surface area contributed by atoms with Gasteiger partial charge in [-0.2, -0.15) is 4.98 Å². The number of rotatable bonds is 5. The van der Waals surface area contributed by atoms with Gasteiger partial charge in [0.25, 0.3) is 0 Å². The van der Waals surface area contributed by atoms with Gasteiger partial charge in [0, 0.05) is 18.2 Å². The zero-order valence-electron chi connectivity index (χ0n) is 9.53. The maximum Gasteiger partial charge on any atom is 0.214 e. The van der Waals surface area contributed by atoms with E-state index >= 15 is 0 Å². The number of ether oxygens (including phenoxy) is 1. The summed E-state index contributed by atoms with van der Waals surface area (Å²) in [5.41, 5.74) is 5.72. The highest BCUT2D eigenvalue weighted by Crippen LogP contribution is 2.12. The van der Waals surface area contributed by atoms with Crippen molar-refractivity contribution >= 4 is 5.82 Å². The molecule has 0 aliphatic heterocycles. The quantitative estimate of drug-likeness (QED) is 0.773. The molecular formula is C11H19N3O. The SMILES string of the molecule is COc1cccc(NC(C)CC(C)N)n1. The number of hydrogen-bond acceptors (Lipinski definition) is 4. The van der Waals surface area contributed by atoms with Crippen molar-refractivity contribution in [2.45, 2.75) is 32.4 Å². The van der Waals surface area contributed by atoms with Gasteiger partial charge >= 0.3 is 0 Å². The summed E-state index contributed by atoms with van der Waals surface area (Å²) >= 11 is 0. The van der Waals surface area contributed by atoms with Crippen LogP contribution in [0.3, 0.4) is 0 Å². The smallest absolute Gasteiger partial charge is 0.214 e. The van der Waals surface area contributed by atoms with E-state index in [-0.39, 0.29) is 6.04 Å². The minimum Gasteiger partial charge on any atom is -0.481 e. The standard InChI is InChI=1S/C11H19N3O/c1-8(12)7-9(2)13-10-5-4-6-11(14-10)15-3/h4-6,8-9H,7,12H2,1-3H3,(H,13,14). The lowest BCUT2D eigenvalue weighted by atomic mass is 10.1. The Morgan fingerprint density at radius 1 is 1.47 bits per heavy atom. The van der Waals surface area contributed by atoms with E-state index in [1.165, 1.54) is 0 Å². The number of hydrogen-bond donors (Lipinski definition) is 2. The van der Waals surface area contributed by atoms with Crippen LogP contribution in [0.15, 0.2) is 18.2 Å². The minimum absolute atomic E-state index is 0.193. The van der Waals surface area contributed by atoms with Crippen LogP contribution in [-0.4, -0.2) is 24.2 Å². The third-order valence-corrected chi connectivity index (χ3v) is 2.05. The molecule has 1 aromatic rings. The van der Waals surface area contributed by atoms with E-state index in [1.54, 1.807) is 7.11 Å². The fourth-order valence-corrected chi connectivity index (χ4v) is 1.48. The second-order valence-corrected chi connectivity index (χ2v) is 3.82. The number of anilines is 1. The summed E-state index contributed by atoms with van der Waals surface area (Å²) in [5, 5.41) is 3.28. The van der Waals surface area contributed by atoms with Crippen molar-refractivity contribution in [3.8, 4) is 5.88 Å². The average Bonchev–Trinajstić information content (AvgIpc) is 2.16. The van der Waals surface area contributed by atoms with Crippen molar-refractivity contribution < 1.29 is 4.74 Å². The van der Waals surface area contributed by atoms with E-state index in [9.17, 15) is 0 Å². The van der Waals surface area contributed by atoms with Crippen LogP contribution in [-0.2, 0) is 0 Å². The fourth-order valence-electron chi connectivity index (χ4n) is 1.48. The molecule has 84 valence electrons. The summed E-state index contributed by atoms with van der Waals surface area (Å²) in [6.07, 6.45) is 0.916. The van der Waals surface area contributed by atoms with Crippen LogP contribution in [0.4, 0.5) is 5.82 Å². The first kappa shape index (κ1) is 11.8. The van der Waals surface area contributed by atoms with Crippen LogP contribution in [0.1, 0.15) is 20.3 Å². The zero-order valence-corrected chi connectivity index (χ0v) is 9.53. The van der Waals surface area contributed by atoms with Gasteiger partial charge in [0.1, 0.15) is 5.82 Å². The van der Waals surface area contributed by atoms with Crippen LogP contribution in [0.25, 0.3) is 0 Å². The van der Waals surface area contributed by atoms with Gasteiger partial charge in [-0.3, -0.25) is 0 Å². The lowest BCUT2D eigenvalue weighted by Gasteiger charge is -2.16. The van der Waals surface area contributed by atoms with Gasteiger partial charge in [-0.15, -0.1) is 0 Å². The predicted molar refractivity (Wildman–Crippen MR) is 62.1 cm³/mol. The Bertz CT molecular complexity index is 302. The van der Waals surface area contributed by atoms with Gasteiger partial charge in [-0.1, -0.05) is 6.07 Å². The van der Waals surface area contributed by atoms with Gasteiger partial charge in [-0.25, -0.2) is 0 Å². The van der Waals surface area contributed by atoms with Gasteiger partial charge in [0.05, 0.1) is 7.11 Å². The third kappa shape index (κ3) is 4.16. The van der Waals surface area contributed by atoms with Crippen LogP contribution in [0.2, 0.25) is 0 Å². The van der Waals surface area contributed by atoms with E-state index < -0.39 is 0 Å². The highest BCUT2D eigenvalue weighted by atomic mass is 16.5. The van der Waals surface area contributed by atoms with Crippen LogP contribution in [0.5, 0.6) is 5.88 Å². The first-order valence-electron chi connectivity index (χ1n) is 5.15. The lowest BCUT2D eigenvalue weighted by molar-refractivity contribution is 0.398. The van der Waals surface area contributed by atoms with E-state index in [0.717, 1.165) is 12.2 Å². The zero-order chi connectivity index (χ0) is 11.3. The number of nitrogens with two attached hydrogens (primary N) is 1. The summed E-state index contributed by atoms with van der Waals surface area (Å²) < 4.78 is 5.04. The summed E-state index contributed by atoms with van der Waals surface area (Å²) in [6.45, 7) is 4.09. The third-order valence-electron chi connectivity index (χ3n) is 2.05. The molecule has 0 saturated carbocycles. The molecule has 1 heterocycles. The maximum atomic E-state index is 5.72. The fraction of sp³-hybridized carbons (Fsp3) is 0.545. The molecular weight excluding hydrogens is 190 g/mol. The number of methoxy groups -OCH3 is 1. The van der Waals surface area contributed by atoms with Crippen LogP contribution in [0, 0.1) is 0 Å². The Morgan fingerprint density at radius 3 is 2.80 bits per heavy atom. The molecule has 15 heavy (non-hydrogen) atoms. The molecule has 0 aliphatic carbocycles. The average molecular weight is 209 g/mol. The maximum absolute atomic E-state index is 5.72. The molecule has 4 nitrogen and oxygen atoms in total. The Hall–Kier alpha value is -1.29. The summed E-state index contributed by atoms with van der Waals surface area (Å²) in [4.78, 5) is 4.26. The van der Waals surface area contributed by atoms with Gasteiger partial charge < -0.3 is 15.8 Å². The highest BCUT2D eigenvalue weighted by molar-refractivity contribution is 5.37. The molecule has 2 unspecified atom stereocenters. The normalized spacial score (nSPS) is 14.4.